The molecule has 1 radical (unpaired) electrons. The molecule has 0 unspecified atom stereocenters. The minimum atomic E-state index is 0. The van der Waals surface area contributed by atoms with E-state index in [1.165, 1.54) is 5.92 Å². The second-order valence-corrected chi connectivity index (χ2v) is 1.50. The molecule has 0 aromatic carbocycles. The molecule has 0 rings (SSSR count). The largest absolute Gasteiger partial charge is 0.0597 e. The topological polar surface area (TPSA) is 0 Å². The Morgan fingerprint density at radius 1 is 1.00 bits per heavy atom. The van der Waals surface area contributed by atoms with E-state index in [9.17, 15) is 0 Å². The van der Waals surface area contributed by atoms with E-state index in [0.717, 1.165) is 0 Å². The first-order chi connectivity index (χ1) is 1.73. The maximum Gasteiger partial charge on any atom is 0 e. The monoisotopic (exact) mass is 163 g/mol. The summed E-state index contributed by atoms with van der Waals surface area (Å²) in [6, 6.07) is 0. The average Bonchev–Trinajstić information content (AvgIpc) is 0.811. The summed E-state index contributed by atoms with van der Waals surface area (Å²) in [5, 5.41) is 0. The fraction of sp³-hybridized carbons (Fsp3) is 0.750. The van der Waals surface area contributed by atoms with Crippen LogP contribution >= 0.6 is 0 Å². The normalized spacial score (nSPS) is 7.20. The Kier molecular flexibility index (Phi) is 8.56. The van der Waals surface area contributed by atoms with Crippen molar-refractivity contribution in [3.63, 3.8) is 0 Å². The molecule has 1 heteroatoms. The van der Waals surface area contributed by atoms with E-state index >= 15 is 0 Å². The fourth-order valence-electron chi connectivity index (χ4n) is 0. The molecule has 0 aliphatic heterocycles. The Morgan fingerprint density at radius 2 is 1.00 bits per heavy atom. The van der Waals surface area contributed by atoms with Crippen molar-refractivity contribution < 1.29 is 20.4 Å². The van der Waals surface area contributed by atoms with Crippen LogP contribution in [0.4, 0.5) is 0 Å². The molecular formula is C4H9Pd. The van der Waals surface area contributed by atoms with Gasteiger partial charge in [-0.1, -0.05) is 20.8 Å². The van der Waals surface area contributed by atoms with Crippen molar-refractivity contribution in [1.82, 2.24) is 0 Å². The second kappa shape index (κ2) is 4.66. The summed E-state index contributed by atoms with van der Waals surface area (Å²) in [4.78, 5) is 0. The van der Waals surface area contributed by atoms with Crippen LogP contribution in [0.3, 0.4) is 0 Å². The van der Waals surface area contributed by atoms with Gasteiger partial charge in [0.2, 0.25) is 0 Å². The molecule has 0 nitrogen and oxygen atoms in total. The third kappa shape index (κ3) is 75.3. The predicted molar refractivity (Wildman–Crippen MR) is 20.3 cm³/mol. The van der Waals surface area contributed by atoms with Crippen molar-refractivity contribution in [2.45, 2.75) is 20.8 Å². The molecule has 0 spiro atoms. The minimum Gasteiger partial charge on any atom is -0.0597 e. The van der Waals surface area contributed by atoms with Crippen LogP contribution in [0, 0.1) is 5.92 Å². The van der Waals surface area contributed by atoms with Gasteiger partial charge in [-0.15, -0.1) is 0 Å². The van der Waals surface area contributed by atoms with Crippen molar-refractivity contribution in [2.24, 2.45) is 0 Å². The molecule has 0 bridgehead atoms. The van der Waals surface area contributed by atoms with Crippen LogP contribution < -0.4 is 0 Å². The summed E-state index contributed by atoms with van der Waals surface area (Å²) in [7, 11) is 0. The van der Waals surface area contributed by atoms with E-state index in [1.54, 1.807) is 0 Å². The molecule has 5 heavy (non-hydrogen) atoms. The van der Waals surface area contributed by atoms with Gasteiger partial charge >= 0.3 is 0 Å². The molecule has 0 aliphatic rings. The van der Waals surface area contributed by atoms with Crippen LogP contribution in [0.25, 0.3) is 0 Å². The van der Waals surface area contributed by atoms with Crippen LogP contribution in [0.2, 0.25) is 0 Å². The first-order valence-electron chi connectivity index (χ1n) is 1.50. The van der Waals surface area contributed by atoms with Crippen molar-refractivity contribution >= 4 is 0 Å². The Morgan fingerprint density at radius 3 is 1.00 bits per heavy atom. The minimum absolute atomic E-state index is 0. The Balaban J connectivity index is 0. The molecule has 35 valence electrons. The third-order valence-electron chi connectivity index (χ3n) is 0. The van der Waals surface area contributed by atoms with Gasteiger partial charge in [-0.2, -0.15) is 0 Å². The maximum atomic E-state index is 2.08. The molecule has 0 aromatic heterocycles. The fourth-order valence-corrected chi connectivity index (χ4v) is 0. The summed E-state index contributed by atoms with van der Waals surface area (Å²) in [6.07, 6.45) is 0. The molecule has 0 atom stereocenters. The van der Waals surface area contributed by atoms with Crippen LogP contribution in [-0.4, -0.2) is 0 Å². The summed E-state index contributed by atoms with van der Waals surface area (Å²) in [5.41, 5.74) is 0. The first kappa shape index (κ1) is 9.18. The van der Waals surface area contributed by atoms with Gasteiger partial charge in [0.15, 0.2) is 0 Å². The quantitative estimate of drug-likeness (QED) is 0.476. The van der Waals surface area contributed by atoms with Gasteiger partial charge in [0, 0.05) is 20.4 Å². The Bertz CT molecular complexity index is 8.36. The van der Waals surface area contributed by atoms with Gasteiger partial charge in [0.1, 0.15) is 0 Å². The predicted octanol–water partition coefficient (Wildman–Crippen LogP) is 1.62. The van der Waals surface area contributed by atoms with Crippen LogP contribution in [0.15, 0.2) is 0 Å². The van der Waals surface area contributed by atoms with Crippen molar-refractivity contribution in [2.75, 3.05) is 0 Å². The van der Waals surface area contributed by atoms with Gasteiger partial charge in [-0.05, 0) is 5.92 Å². The smallest absolute Gasteiger partial charge is 0 e. The summed E-state index contributed by atoms with van der Waals surface area (Å²) >= 11 is 0. The van der Waals surface area contributed by atoms with E-state index in [1.807, 2.05) is 0 Å². The molecular weight excluding hydrogens is 154 g/mol. The molecule has 0 saturated carbocycles. The van der Waals surface area contributed by atoms with Crippen LogP contribution in [0.1, 0.15) is 20.8 Å². The molecule has 0 heterocycles. The zero-order chi connectivity index (χ0) is 3.58. The molecule has 0 saturated heterocycles. The number of hydrogen-bond donors (Lipinski definition) is 0. The summed E-state index contributed by atoms with van der Waals surface area (Å²) in [5.74, 6) is 1.42. The summed E-state index contributed by atoms with van der Waals surface area (Å²) in [6.45, 7) is 6.25. The van der Waals surface area contributed by atoms with Crippen molar-refractivity contribution in [3.8, 4) is 0 Å². The first-order valence-corrected chi connectivity index (χ1v) is 1.50. The van der Waals surface area contributed by atoms with Crippen molar-refractivity contribution in [3.05, 3.63) is 5.92 Å². The standard InChI is InChI=1S/C4H9.Pd/c1-4(2)3;/h1-3H3;. The van der Waals surface area contributed by atoms with Gasteiger partial charge < -0.3 is 0 Å². The Hall–Kier alpha value is 0.662. The maximum absolute atomic E-state index is 2.08. The molecule has 0 N–H and O–H groups in total. The van der Waals surface area contributed by atoms with Gasteiger partial charge in [0.25, 0.3) is 0 Å². The van der Waals surface area contributed by atoms with E-state index < -0.39 is 0 Å². The van der Waals surface area contributed by atoms with Crippen molar-refractivity contribution in [1.29, 1.82) is 0 Å². The molecule has 0 aromatic rings. The van der Waals surface area contributed by atoms with Gasteiger partial charge in [-0.25, -0.2) is 0 Å². The molecule has 0 amide bonds. The van der Waals surface area contributed by atoms with Gasteiger partial charge in [0.05, 0.1) is 0 Å². The number of hydrogen-bond acceptors (Lipinski definition) is 0. The van der Waals surface area contributed by atoms with Gasteiger partial charge in [-0.3, -0.25) is 0 Å². The zero-order valence-electron chi connectivity index (χ0n) is 3.82. The number of rotatable bonds is 0. The Labute approximate surface area is 47.6 Å². The third-order valence-corrected chi connectivity index (χ3v) is 0. The van der Waals surface area contributed by atoms with E-state index in [2.05, 4.69) is 20.8 Å². The van der Waals surface area contributed by atoms with Crippen LogP contribution in [-0.2, 0) is 20.4 Å². The second-order valence-electron chi connectivity index (χ2n) is 1.50. The molecule has 0 aliphatic carbocycles. The zero-order valence-corrected chi connectivity index (χ0v) is 5.37. The SMILES string of the molecule is C[C](C)C.[Pd]. The van der Waals surface area contributed by atoms with E-state index in [0.29, 0.717) is 0 Å². The average molecular weight is 164 g/mol. The summed E-state index contributed by atoms with van der Waals surface area (Å²) < 4.78 is 0. The van der Waals surface area contributed by atoms with Crippen LogP contribution in [0.5, 0.6) is 0 Å². The molecule has 0 fully saturated rings. The van der Waals surface area contributed by atoms with E-state index in [-0.39, 0.29) is 20.4 Å². The van der Waals surface area contributed by atoms with E-state index in [4.69, 9.17) is 0 Å².